The summed E-state index contributed by atoms with van der Waals surface area (Å²) in [5.41, 5.74) is 5.30. The van der Waals surface area contributed by atoms with Gasteiger partial charge in [-0.1, -0.05) is 75.7 Å². The molecule has 9 heteroatoms. The zero-order chi connectivity index (χ0) is 24.4. The van der Waals surface area contributed by atoms with Crippen LogP contribution < -0.4 is 5.56 Å². The summed E-state index contributed by atoms with van der Waals surface area (Å²) in [7, 11) is 0. The molecule has 3 aromatic heterocycles. The molecule has 0 amide bonds. The van der Waals surface area contributed by atoms with Crippen molar-refractivity contribution >= 4 is 11.0 Å². The van der Waals surface area contributed by atoms with Crippen molar-refractivity contribution in [1.29, 1.82) is 0 Å². The van der Waals surface area contributed by atoms with Crippen LogP contribution in [0, 0.1) is 0 Å². The van der Waals surface area contributed by atoms with Crippen LogP contribution in [0.15, 0.2) is 53.3 Å². The van der Waals surface area contributed by atoms with E-state index in [0.717, 1.165) is 53.0 Å². The number of H-pyrrole nitrogens is 2. The normalized spacial score (nSPS) is 11.5. The Balaban J connectivity index is 1.52. The highest BCUT2D eigenvalue weighted by Crippen LogP contribution is 2.30. The van der Waals surface area contributed by atoms with Gasteiger partial charge in [0.1, 0.15) is 11.2 Å². The maximum Gasteiger partial charge on any atom is 0.265 e. The Kier molecular flexibility index (Phi) is 6.22. The maximum absolute atomic E-state index is 13.6. The van der Waals surface area contributed by atoms with Gasteiger partial charge in [0.15, 0.2) is 5.65 Å². The van der Waals surface area contributed by atoms with E-state index in [2.05, 4.69) is 62.0 Å². The molecule has 0 saturated heterocycles. The number of nitrogens with zero attached hydrogens (tertiary/aromatic N) is 6. The molecule has 0 saturated carbocycles. The molecular formula is C26H28N8O. The lowest BCUT2D eigenvalue weighted by molar-refractivity contribution is 0.645. The quantitative estimate of drug-likeness (QED) is 0.347. The molecule has 0 unspecified atom stereocenters. The van der Waals surface area contributed by atoms with E-state index in [1.165, 1.54) is 0 Å². The van der Waals surface area contributed by atoms with E-state index < -0.39 is 0 Å². The summed E-state index contributed by atoms with van der Waals surface area (Å²) in [4.78, 5) is 18.4. The van der Waals surface area contributed by atoms with Crippen LogP contribution in [0.2, 0.25) is 0 Å². The third-order valence-corrected chi connectivity index (χ3v) is 6.23. The number of aryl methyl sites for hydroxylation is 1. The standard InChI is InChI=1S/C26H28N8O/c1-4-5-10-21-27-25-22(23(16(2)3)28-29-25)26(35)34(21)15-17-11-13-18(14-12-17)19-8-6-7-9-20(19)24-30-32-33-31-24/h6-9,11-14,16H,4-5,10,15H2,1-3H3,(H,28,29)(H,30,31,32,33). The van der Waals surface area contributed by atoms with Gasteiger partial charge < -0.3 is 0 Å². The van der Waals surface area contributed by atoms with Crippen LogP contribution >= 0.6 is 0 Å². The molecule has 5 rings (SSSR count). The van der Waals surface area contributed by atoms with Gasteiger partial charge in [-0.3, -0.25) is 14.5 Å². The second kappa shape index (κ2) is 9.61. The van der Waals surface area contributed by atoms with E-state index in [0.29, 0.717) is 23.4 Å². The fourth-order valence-electron chi connectivity index (χ4n) is 4.36. The molecule has 35 heavy (non-hydrogen) atoms. The number of rotatable bonds is 8. The number of aromatic amines is 2. The van der Waals surface area contributed by atoms with E-state index in [4.69, 9.17) is 4.98 Å². The minimum Gasteiger partial charge on any atom is -0.291 e. The van der Waals surface area contributed by atoms with E-state index in [1.54, 1.807) is 0 Å². The Morgan fingerprint density at radius 1 is 1.00 bits per heavy atom. The Hall–Kier alpha value is -4.14. The predicted octanol–water partition coefficient (Wildman–Crippen LogP) is 4.48. The van der Waals surface area contributed by atoms with Gasteiger partial charge in [-0.05, 0) is 34.2 Å². The number of hydrogen-bond acceptors (Lipinski definition) is 6. The molecule has 2 N–H and O–H groups in total. The second-order valence-electron chi connectivity index (χ2n) is 8.99. The van der Waals surface area contributed by atoms with Crippen LogP contribution in [0.4, 0.5) is 0 Å². The third-order valence-electron chi connectivity index (χ3n) is 6.23. The highest BCUT2D eigenvalue weighted by atomic mass is 16.1. The smallest absolute Gasteiger partial charge is 0.265 e. The molecule has 178 valence electrons. The summed E-state index contributed by atoms with van der Waals surface area (Å²) >= 11 is 0. The zero-order valence-corrected chi connectivity index (χ0v) is 20.1. The fourth-order valence-corrected chi connectivity index (χ4v) is 4.36. The summed E-state index contributed by atoms with van der Waals surface area (Å²) in [5, 5.41) is 22.4. The van der Waals surface area contributed by atoms with Crippen molar-refractivity contribution in [3.05, 3.63) is 76.0 Å². The average Bonchev–Trinajstić information content (AvgIpc) is 3.56. The van der Waals surface area contributed by atoms with Crippen LogP contribution in [-0.2, 0) is 13.0 Å². The van der Waals surface area contributed by atoms with Crippen molar-refractivity contribution in [2.75, 3.05) is 0 Å². The monoisotopic (exact) mass is 468 g/mol. The van der Waals surface area contributed by atoms with Gasteiger partial charge in [0.05, 0.1) is 12.2 Å². The first-order valence-electron chi connectivity index (χ1n) is 12.0. The number of unbranched alkanes of at least 4 members (excludes halogenated alkanes) is 1. The number of benzene rings is 2. The number of fused-ring (bicyclic) bond motifs is 1. The lowest BCUT2D eigenvalue weighted by Crippen LogP contribution is -2.26. The van der Waals surface area contributed by atoms with Crippen molar-refractivity contribution < 1.29 is 0 Å². The number of hydrogen-bond donors (Lipinski definition) is 2. The lowest BCUT2D eigenvalue weighted by atomic mass is 9.98. The molecular weight excluding hydrogens is 440 g/mol. The lowest BCUT2D eigenvalue weighted by Gasteiger charge is -2.14. The third kappa shape index (κ3) is 4.37. The van der Waals surface area contributed by atoms with Gasteiger partial charge in [-0.15, -0.1) is 10.2 Å². The first kappa shape index (κ1) is 22.6. The average molecular weight is 469 g/mol. The summed E-state index contributed by atoms with van der Waals surface area (Å²) in [6.07, 6.45) is 2.73. The topological polar surface area (TPSA) is 118 Å². The van der Waals surface area contributed by atoms with Gasteiger partial charge in [0, 0.05) is 12.0 Å². The van der Waals surface area contributed by atoms with Gasteiger partial charge in [0.25, 0.3) is 5.56 Å². The minimum absolute atomic E-state index is 0.0370. The fraction of sp³-hybridized carbons (Fsp3) is 0.308. The van der Waals surface area contributed by atoms with Crippen molar-refractivity contribution in [1.82, 2.24) is 40.4 Å². The SMILES string of the molecule is CCCCc1nc2n[nH]c(C(C)C)c2c(=O)n1Cc1ccc(-c2ccccc2-c2nn[nH]n2)cc1. The molecule has 0 atom stereocenters. The van der Waals surface area contributed by atoms with E-state index in [-0.39, 0.29) is 11.5 Å². The van der Waals surface area contributed by atoms with E-state index in [9.17, 15) is 4.79 Å². The van der Waals surface area contributed by atoms with Crippen LogP contribution in [-0.4, -0.2) is 40.4 Å². The molecule has 0 fully saturated rings. The van der Waals surface area contributed by atoms with Crippen molar-refractivity contribution in [3.8, 4) is 22.5 Å². The predicted molar refractivity (Wildman–Crippen MR) is 135 cm³/mol. The first-order valence-corrected chi connectivity index (χ1v) is 12.0. The van der Waals surface area contributed by atoms with Crippen molar-refractivity contribution in [2.45, 2.75) is 52.5 Å². The van der Waals surface area contributed by atoms with Gasteiger partial charge >= 0.3 is 0 Å². The van der Waals surface area contributed by atoms with Crippen LogP contribution in [0.25, 0.3) is 33.5 Å². The first-order chi connectivity index (χ1) is 17.1. The Morgan fingerprint density at radius 3 is 2.46 bits per heavy atom. The van der Waals surface area contributed by atoms with Crippen LogP contribution in [0.3, 0.4) is 0 Å². The molecule has 0 radical (unpaired) electrons. The Labute approximate surface area is 202 Å². The number of aromatic nitrogens is 8. The van der Waals surface area contributed by atoms with Crippen molar-refractivity contribution in [2.24, 2.45) is 0 Å². The molecule has 9 nitrogen and oxygen atoms in total. The minimum atomic E-state index is -0.0370. The molecule has 0 aliphatic heterocycles. The molecule has 0 spiro atoms. The molecule has 5 aromatic rings. The highest BCUT2D eigenvalue weighted by Gasteiger charge is 2.19. The zero-order valence-electron chi connectivity index (χ0n) is 20.1. The van der Waals surface area contributed by atoms with Crippen LogP contribution in [0.5, 0.6) is 0 Å². The van der Waals surface area contributed by atoms with Gasteiger partial charge in [0.2, 0.25) is 5.82 Å². The maximum atomic E-state index is 13.6. The number of tetrazole rings is 1. The summed E-state index contributed by atoms with van der Waals surface area (Å²) in [5.74, 6) is 1.48. The second-order valence-corrected chi connectivity index (χ2v) is 8.99. The Bertz CT molecular complexity index is 1500. The molecule has 3 heterocycles. The molecule has 2 aromatic carbocycles. The summed E-state index contributed by atoms with van der Waals surface area (Å²) < 4.78 is 1.81. The molecule has 0 bridgehead atoms. The van der Waals surface area contributed by atoms with Crippen molar-refractivity contribution in [3.63, 3.8) is 0 Å². The Morgan fingerprint density at radius 2 is 1.77 bits per heavy atom. The van der Waals surface area contributed by atoms with Gasteiger partial charge in [-0.25, -0.2) is 4.98 Å². The van der Waals surface area contributed by atoms with Gasteiger partial charge in [-0.2, -0.15) is 10.3 Å². The largest absolute Gasteiger partial charge is 0.291 e. The molecule has 0 aliphatic rings. The van der Waals surface area contributed by atoms with Crippen LogP contribution in [0.1, 0.15) is 56.6 Å². The summed E-state index contributed by atoms with van der Waals surface area (Å²) in [6.45, 7) is 6.69. The van der Waals surface area contributed by atoms with E-state index in [1.807, 2.05) is 42.7 Å². The molecule has 0 aliphatic carbocycles. The highest BCUT2D eigenvalue weighted by molar-refractivity contribution is 5.80. The summed E-state index contributed by atoms with van der Waals surface area (Å²) in [6, 6.07) is 16.2. The van der Waals surface area contributed by atoms with E-state index >= 15 is 0 Å². The number of nitrogens with one attached hydrogen (secondary N) is 2.